The van der Waals surface area contributed by atoms with Crippen molar-refractivity contribution in [2.75, 3.05) is 4.90 Å². The molecular weight excluding hydrogens is 304 g/mol. The van der Waals surface area contributed by atoms with E-state index in [1.54, 1.807) is 0 Å². The summed E-state index contributed by atoms with van der Waals surface area (Å²) in [5.74, 6) is -1.14. The summed E-state index contributed by atoms with van der Waals surface area (Å²) in [7, 11) is 0. The molecule has 0 N–H and O–H groups in total. The molecule has 122 valence electrons. The number of nitrogens with zero attached hydrogens (tertiary/aromatic N) is 1. The molecule has 3 aromatic carbocycles. The van der Waals surface area contributed by atoms with Gasteiger partial charge in [0.2, 0.25) is 0 Å². The van der Waals surface area contributed by atoms with Crippen LogP contribution in [0.4, 0.5) is 20.2 Å². The van der Waals surface area contributed by atoms with Gasteiger partial charge in [-0.25, -0.2) is 8.78 Å². The summed E-state index contributed by atoms with van der Waals surface area (Å²) in [6.45, 7) is 4.54. The number of hydrogen-bond acceptors (Lipinski definition) is 1. The summed E-state index contributed by atoms with van der Waals surface area (Å²) < 4.78 is 27.6. The lowest BCUT2D eigenvalue weighted by Crippen LogP contribution is -2.18. The first-order chi connectivity index (χ1) is 11.5. The fourth-order valence-corrected chi connectivity index (χ4v) is 2.62. The van der Waals surface area contributed by atoms with Crippen molar-refractivity contribution in [2.24, 2.45) is 0 Å². The number of benzene rings is 3. The van der Waals surface area contributed by atoms with Gasteiger partial charge in [-0.15, -0.1) is 0 Å². The monoisotopic (exact) mass is 323 g/mol. The normalized spacial score (nSPS) is 10.7. The van der Waals surface area contributed by atoms with E-state index in [4.69, 9.17) is 0 Å². The molecule has 0 atom stereocenters. The fraction of sp³-hybridized carbons (Fsp3) is 0.143. The maximum absolute atomic E-state index is 14.4. The van der Waals surface area contributed by atoms with Crippen molar-refractivity contribution in [3.05, 3.63) is 95.1 Å². The summed E-state index contributed by atoms with van der Waals surface area (Å²) >= 11 is 0. The second kappa shape index (κ2) is 6.83. The average Bonchev–Trinajstić information content (AvgIpc) is 2.56. The van der Waals surface area contributed by atoms with E-state index in [9.17, 15) is 8.78 Å². The van der Waals surface area contributed by atoms with Gasteiger partial charge in [0.1, 0.15) is 11.6 Å². The van der Waals surface area contributed by atoms with Gasteiger partial charge in [0.15, 0.2) is 0 Å². The van der Waals surface area contributed by atoms with Gasteiger partial charge in [-0.2, -0.15) is 0 Å². The molecule has 0 aliphatic heterocycles. The van der Waals surface area contributed by atoms with Gasteiger partial charge >= 0.3 is 0 Å². The van der Waals surface area contributed by atoms with Crippen molar-refractivity contribution < 1.29 is 8.78 Å². The zero-order valence-corrected chi connectivity index (χ0v) is 13.8. The Labute approximate surface area is 141 Å². The van der Waals surface area contributed by atoms with Crippen molar-refractivity contribution in [2.45, 2.75) is 20.4 Å². The van der Waals surface area contributed by atoms with Crippen LogP contribution in [0.3, 0.4) is 0 Å². The number of anilines is 2. The highest BCUT2D eigenvalue weighted by Crippen LogP contribution is 2.30. The minimum Gasteiger partial charge on any atom is -0.335 e. The summed E-state index contributed by atoms with van der Waals surface area (Å²) in [5, 5.41) is 0. The molecule has 0 aliphatic carbocycles. The van der Waals surface area contributed by atoms with Gasteiger partial charge in [-0.1, -0.05) is 47.5 Å². The van der Waals surface area contributed by atoms with E-state index in [0.717, 1.165) is 22.9 Å². The van der Waals surface area contributed by atoms with Gasteiger partial charge in [-0.05, 0) is 43.7 Å². The topological polar surface area (TPSA) is 3.24 Å². The predicted molar refractivity (Wildman–Crippen MR) is 94.6 cm³/mol. The van der Waals surface area contributed by atoms with Crippen LogP contribution >= 0.6 is 0 Å². The fourth-order valence-electron chi connectivity index (χ4n) is 2.62. The summed E-state index contributed by atoms with van der Waals surface area (Å²) in [6.07, 6.45) is 0. The first-order valence-electron chi connectivity index (χ1n) is 7.88. The number of aryl methyl sites for hydroxylation is 2. The standard InChI is InChI=1S/C21H19F2N/c1-15-3-7-17(8-4-15)14-24(19-10-5-16(2)6-11-19)21-12-9-18(22)13-20(21)23/h3-13H,14H2,1-2H3. The molecule has 1 nitrogen and oxygen atoms in total. The van der Waals surface area contributed by atoms with E-state index < -0.39 is 11.6 Å². The molecule has 3 aromatic rings. The van der Waals surface area contributed by atoms with Crippen molar-refractivity contribution in [3.63, 3.8) is 0 Å². The van der Waals surface area contributed by atoms with Crippen LogP contribution in [-0.4, -0.2) is 0 Å². The van der Waals surface area contributed by atoms with Crippen molar-refractivity contribution in [1.82, 2.24) is 0 Å². The molecular formula is C21H19F2N. The third-order valence-corrected chi connectivity index (χ3v) is 4.01. The molecule has 0 amide bonds. The minimum atomic E-state index is -0.574. The Morgan fingerprint density at radius 3 is 1.92 bits per heavy atom. The number of halogens is 2. The predicted octanol–water partition coefficient (Wildman–Crippen LogP) is 5.92. The van der Waals surface area contributed by atoms with Gasteiger partial charge in [0.25, 0.3) is 0 Å². The minimum absolute atomic E-state index is 0.362. The van der Waals surface area contributed by atoms with Crippen LogP contribution in [0.2, 0.25) is 0 Å². The van der Waals surface area contributed by atoms with E-state index in [-0.39, 0.29) is 0 Å². The molecule has 0 unspecified atom stereocenters. The molecule has 0 saturated heterocycles. The number of hydrogen-bond donors (Lipinski definition) is 0. The van der Waals surface area contributed by atoms with Crippen LogP contribution in [0.15, 0.2) is 66.7 Å². The Morgan fingerprint density at radius 1 is 0.750 bits per heavy atom. The smallest absolute Gasteiger partial charge is 0.149 e. The first-order valence-corrected chi connectivity index (χ1v) is 7.88. The lowest BCUT2D eigenvalue weighted by Gasteiger charge is -2.26. The maximum Gasteiger partial charge on any atom is 0.149 e. The van der Waals surface area contributed by atoms with Crippen molar-refractivity contribution >= 4 is 11.4 Å². The Hall–Kier alpha value is -2.68. The lowest BCUT2D eigenvalue weighted by molar-refractivity contribution is 0.582. The molecule has 0 fully saturated rings. The van der Waals surface area contributed by atoms with Gasteiger partial charge in [0.05, 0.1) is 5.69 Å². The quantitative estimate of drug-likeness (QED) is 0.576. The Morgan fingerprint density at radius 2 is 1.33 bits per heavy atom. The molecule has 0 aliphatic rings. The van der Waals surface area contributed by atoms with Crippen LogP contribution in [-0.2, 0) is 6.54 Å². The molecule has 0 spiro atoms. The Kier molecular flexibility index (Phi) is 4.61. The third kappa shape index (κ3) is 3.62. The van der Waals surface area contributed by atoms with Crippen LogP contribution < -0.4 is 4.90 Å². The van der Waals surface area contributed by atoms with E-state index in [0.29, 0.717) is 12.2 Å². The molecule has 0 saturated carbocycles. The highest BCUT2D eigenvalue weighted by molar-refractivity contribution is 5.64. The van der Waals surface area contributed by atoms with Gasteiger partial charge in [-0.3, -0.25) is 0 Å². The zero-order chi connectivity index (χ0) is 17.1. The average molecular weight is 323 g/mol. The highest BCUT2D eigenvalue weighted by atomic mass is 19.1. The van der Waals surface area contributed by atoms with Crippen LogP contribution in [0.25, 0.3) is 0 Å². The van der Waals surface area contributed by atoms with Crippen LogP contribution in [0, 0.1) is 25.5 Å². The Bertz CT molecular complexity index is 823. The van der Waals surface area contributed by atoms with Gasteiger partial charge in [0, 0.05) is 18.3 Å². The molecule has 0 heterocycles. The summed E-state index contributed by atoms with van der Waals surface area (Å²) in [6, 6.07) is 19.7. The molecule has 24 heavy (non-hydrogen) atoms. The van der Waals surface area contributed by atoms with Crippen molar-refractivity contribution in [3.8, 4) is 0 Å². The molecule has 0 aromatic heterocycles. The zero-order valence-electron chi connectivity index (χ0n) is 13.8. The van der Waals surface area contributed by atoms with E-state index in [2.05, 4.69) is 0 Å². The van der Waals surface area contributed by atoms with Gasteiger partial charge < -0.3 is 4.90 Å². The Balaban J connectivity index is 2.02. The third-order valence-electron chi connectivity index (χ3n) is 4.01. The van der Waals surface area contributed by atoms with Crippen molar-refractivity contribution in [1.29, 1.82) is 0 Å². The molecule has 3 rings (SSSR count). The van der Waals surface area contributed by atoms with Crippen LogP contribution in [0.1, 0.15) is 16.7 Å². The summed E-state index contributed by atoms with van der Waals surface area (Å²) in [5.41, 5.74) is 4.60. The molecule has 3 heteroatoms. The maximum atomic E-state index is 14.4. The highest BCUT2D eigenvalue weighted by Gasteiger charge is 2.15. The first kappa shape index (κ1) is 16.2. The van der Waals surface area contributed by atoms with E-state index in [1.165, 1.54) is 17.7 Å². The molecule has 0 bridgehead atoms. The largest absolute Gasteiger partial charge is 0.335 e. The number of rotatable bonds is 4. The second-order valence-electron chi connectivity index (χ2n) is 6.00. The SMILES string of the molecule is Cc1ccc(CN(c2ccc(C)cc2)c2ccc(F)cc2F)cc1. The molecule has 0 radical (unpaired) electrons. The lowest BCUT2D eigenvalue weighted by atomic mass is 10.1. The summed E-state index contributed by atoms with van der Waals surface area (Å²) in [4.78, 5) is 1.86. The van der Waals surface area contributed by atoms with Crippen LogP contribution in [0.5, 0.6) is 0 Å². The van der Waals surface area contributed by atoms with E-state index in [1.807, 2.05) is 67.3 Å². The second-order valence-corrected chi connectivity index (χ2v) is 6.00. The van der Waals surface area contributed by atoms with E-state index >= 15 is 0 Å².